The number of oxazole rings is 1. The van der Waals surface area contributed by atoms with Crippen molar-refractivity contribution < 1.29 is 23.8 Å². The number of aryl methyl sites for hydroxylation is 1. The number of nitrogens with one attached hydrogen (secondary N) is 1. The van der Waals surface area contributed by atoms with Crippen molar-refractivity contribution in [2.45, 2.75) is 13.0 Å². The zero-order chi connectivity index (χ0) is 16.1. The van der Waals surface area contributed by atoms with Crippen LogP contribution in [-0.4, -0.2) is 41.7 Å². The number of hydrogen-bond acceptors (Lipinski definition) is 5. The van der Waals surface area contributed by atoms with Crippen molar-refractivity contribution in [2.75, 3.05) is 13.7 Å². The number of carboxylic acid groups (broad SMARTS) is 1. The number of carboxylic acids is 1. The molecular formula is C15H16N2O5. The van der Waals surface area contributed by atoms with E-state index in [0.29, 0.717) is 11.6 Å². The molecule has 0 bridgehead atoms. The van der Waals surface area contributed by atoms with Gasteiger partial charge in [-0.1, -0.05) is 18.2 Å². The average molecular weight is 304 g/mol. The Balaban J connectivity index is 2.20. The first-order chi connectivity index (χ1) is 10.5. The summed E-state index contributed by atoms with van der Waals surface area (Å²) >= 11 is 0. The number of carbonyl (C=O) groups excluding carboxylic acids is 1. The molecule has 22 heavy (non-hydrogen) atoms. The van der Waals surface area contributed by atoms with Gasteiger partial charge >= 0.3 is 5.97 Å². The van der Waals surface area contributed by atoms with Crippen molar-refractivity contribution in [3.63, 3.8) is 0 Å². The number of amides is 1. The van der Waals surface area contributed by atoms with Gasteiger partial charge in [0.1, 0.15) is 0 Å². The van der Waals surface area contributed by atoms with Gasteiger partial charge in [0, 0.05) is 12.7 Å². The van der Waals surface area contributed by atoms with Gasteiger partial charge in [0.2, 0.25) is 11.7 Å². The number of aliphatic carboxylic acids is 1. The predicted molar refractivity (Wildman–Crippen MR) is 77.4 cm³/mol. The van der Waals surface area contributed by atoms with Gasteiger partial charge < -0.3 is 19.6 Å². The van der Waals surface area contributed by atoms with E-state index in [-0.39, 0.29) is 12.4 Å². The van der Waals surface area contributed by atoms with Crippen LogP contribution < -0.4 is 5.32 Å². The van der Waals surface area contributed by atoms with Crippen LogP contribution in [-0.2, 0) is 9.53 Å². The molecule has 0 fully saturated rings. The number of methoxy groups -OCH3 is 1. The highest BCUT2D eigenvalue weighted by molar-refractivity contribution is 5.95. The summed E-state index contributed by atoms with van der Waals surface area (Å²) in [5, 5.41) is 11.4. The average Bonchev–Trinajstić information content (AvgIpc) is 2.89. The maximum Gasteiger partial charge on any atom is 0.328 e. The molecule has 2 aromatic rings. The summed E-state index contributed by atoms with van der Waals surface area (Å²) in [6, 6.07) is 7.97. The topological polar surface area (TPSA) is 102 Å². The quantitative estimate of drug-likeness (QED) is 0.838. The number of hydrogen-bond donors (Lipinski definition) is 2. The summed E-state index contributed by atoms with van der Waals surface area (Å²) in [5.41, 5.74) is 1.12. The summed E-state index contributed by atoms with van der Waals surface area (Å²) in [4.78, 5) is 27.4. The zero-order valence-electron chi connectivity index (χ0n) is 12.2. The Labute approximate surface area is 126 Å². The molecule has 1 aromatic heterocycles. The normalized spacial score (nSPS) is 11.9. The highest BCUT2D eigenvalue weighted by atomic mass is 16.5. The summed E-state index contributed by atoms with van der Waals surface area (Å²) in [7, 11) is 1.36. The van der Waals surface area contributed by atoms with Crippen molar-refractivity contribution in [3.05, 3.63) is 41.8 Å². The van der Waals surface area contributed by atoms with Gasteiger partial charge in [-0.25, -0.2) is 9.78 Å². The molecule has 1 unspecified atom stereocenters. The van der Waals surface area contributed by atoms with Crippen LogP contribution >= 0.6 is 0 Å². The number of ether oxygens (including phenoxy) is 1. The van der Waals surface area contributed by atoms with E-state index in [1.807, 2.05) is 18.2 Å². The molecule has 1 heterocycles. The second-order valence-electron chi connectivity index (χ2n) is 4.62. The van der Waals surface area contributed by atoms with Crippen LogP contribution in [0.4, 0.5) is 0 Å². The van der Waals surface area contributed by atoms with E-state index < -0.39 is 17.9 Å². The SMILES string of the molecule is COCC(NC(=O)c1oc(-c2ccccc2)nc1C)C(=O)O. The van der Waals surface area contributed by atoms with E-state index in [1.54, 1.807) is 19.1 Å². The van der Waals surface area contributed by atoms with E-state index in [2.05, 4.69) is 10.3 Å². The van der Waals surface area contributed by atoms with Crippen molar-refractivity contribution in [1.82, 2.24) is 10.3 Å². The number of carbonyl (C=O) groups is 2. The number of rotatable bonds is 6. The largest absolute Gasteiger partial charge is 0.480 e. The molecule has 2 N–H and O–H groups in total. The molecule has 1 atom stereocenters. The van der Waals surface area contributed by atoms with E-state index in [9.17, 15) is 9.59 Å². The molecule has 0 aliphatic rings. The van der Waals surface area contributed by atoms with Crippen LogP contribution in [0, 0.1) is 6.92 Å². The van der Waals surface area contributed by atoms with Gasteiger partial charge in [-0.05, 0) is 19.1 Å². The molecule has 0 saturated heterocycles. The van der Waals surface area contributed by atoms with Crippen molar-refractivity contribution >= 4 is 11.9 Å². The van der Waals surface area contributed by atoms with Crippen molar-refractivity contribution in [3.8, 4) is 11.5 Å². The summed E-state index contributed by atoms with van der Waals surface area (Å²) in [5.74, 6) is -1.53. The van der Waals surface area contributed by atoms with E-state index in [1.165, 1.54) is 7.11 Å². The molecule has 1 amide bonds. The molecule has 2 rings (SSSR count). The van der Waals surface area contributed by atoms with E-state index in [4.69, 9.17) is 14.3 Å². The minimum Gasteiger partial charge on any atom is -0.480 e. The fourth-order valence-electron chi connectivity index (χ4n) is 1.88. The molecule has 7 heteroatoms. The fourth-order valence-corrected chi connectivity index (χ4v) is 1.88. The Morgan fingerprint density at radius 1 is 1.36 bits per heavy atom. The maximum absolute atomic E-state index is 12.1. The van der Waals surface area contributed by atoms with Crippen LogP contribution in [0.2, 0.25) is 0 Å². The second-order valence-corrected chi connectivity index (χ2v) is 4.62. The van der Waals surface area contributed by atoms with E-state index >= 15 is 0 Å². The van der Waals surface area contributed by atoms with Gasteiger partial charge in [0.05, 0.1) is 12.3 Å². The van der Waals surface area contributed by atoms with Crippen LogP contribution in [0.3, 0.4) is 0 Å². The fraction of sp³-hybridized carbons (Fsp3) is 0.267. The molecular weight excluding hydrogens is 288 g/mol. The first-order valence-electron chi connectivity index (χ1n) is 6.58. The molecule has 116 valence electrons. The Kier molecular flexibility index (Phi) is 4.90. The Morgan fingerprint density at radius 2 is 2.05 bits per heavy atom. The smallest absolute Gasteiger partial charge is 0.328 e. The highest BCUT2D eigenvalue weighted by Gasteiger charge is 2.24. The van der Waals surface area contributed by atoms with E-state index in [0.717, 1.165) is 5.56 Å². The van der Waals surface area contributed by atoms with Crippen LogP contribution in [0.25, 0.3) is 11.5 Å². The number of benzene rings is 1. The summed E-state index contributed by atoms with van der Waals surface area (Å²) in [6.45, 7) is 1.48. The van der Waals surface area contributed by atoms with Gasteiger partial charge in [-0.15, -0.1) is 0 Å². The Hall–Kier alpha value is -2.67. The monoisotopic (exact) mass is 304 g/mol. The second kappa shape index (κ2) is 6.86. The summed E-state index contributed by atoms with van der Waals surface area (Å²) < 4.78 is 10.2. The van der Waals surface area contributed by atoms with Crippen molar-refractivity contribution in [1.29, 1.82) is 0 Å². The standard InChI is InChI=1S/C15H16N2O5/c1-9-12(13(18)17-11(8-21-2)15(19)20)22-14(16-9)10-6-4-3-5-7-10/h3-7,11H,8H2,1-2H3,(H,17,18)(H,19,20). The van der Waals surface area contributed by atoms with Gasteiger partial charge in [-0.2, -0.15) is 0 Å². The lowest BCUT2D eigenvalue weighted by molar-refractivity contribution is -0.140. The van der Waals surface area contributed by atoms with Crippen LogP contribution in [0.1, 0.15) is 16.2 Å². The molecule has 1 aromatic carbocycles. The first-order valence-corrected chi connectivity index (χ1v) is 6.58. The first kappa shape index (κ1) is 15.7. The third-order valence-corrected chi connectivity index (χ3v) is 2.96. The maximum atomic E-state index is 12.1. The molecule has 7 nitrogen and oxygen atoms in total. The Morgan fingerprint density at radius 3 is 2.64 bits per heavy atom. The van der Waals surface area contributed by atoms with Gasteiger partial charge in [0.25, 0.3) is 5.91 Å². The number of nitrogens with zero attached hydrogens (tertiary/aromatic N) is 1. The lowest BCUT2D eigenvalue weighted by atomic mass is 10.2. The van der Waals surface area contributed by atoms with Crippen molar-refractivity contribution in [2.24, 2.45) is 0 Å². The minimum absolute atomic E-state index is 0.0128. The Bertz CT molecular complexity index is 666. The van der Waals surface area contributed by atoms with Gasteiger partial charge in [0.15, 0.2) is 6.04 Å². The lowest BCUT2D eigenvalue weighted by Crippen LogP contribution is -2.43. The third kappa shape index (κ3) is 3.50. The molecule has 0 aliphatic heterocycles. The predicted octanol–water partition coefficient (Wildman–Crippen LogP) is 1.48. The summed E-state index contributed by atoms with van der Waals surface area (Å²) in [6.07, 6.45) is 0. The number of aromatic nitrogens is 1. The molecule has 0 spiro atoms. The molecule has 0 saturated carbocycles. The molecule has 0 radical (unpaired) electrons. The van der Waals surface area contributed by atoms with Crippen LogP contribution in [0.15, 0.2) is 34.7 Å². The van der Waals surface area contributed by atoms with Gasteiger partial charge in [-0.3, -0.25) is 4.79 Å². The molecule has 0 aliphatic carbocycles. The third-order valence-electron chi connectivity index (χ3n) is 2.96. The highest BCUT2D eigenvalue weighted by Crippen LogP contribution is 2.21. The lowest BCUT2D eigenvalue weighted by Gasteiger charge is -2.12. The van der Waals surface area contributed by atoms with Crippen LogP contribution in [0.5, 0.6) is 0 Å². The minimum atomic E-state index is -1.18. The zero-order valence-corrected chi connectivity index (χ0v) is 12.2.